The van der Waals surface area contributed by atoms with E-state index in [0.29, 0.717) is 89.8 Å². The van der Waals surface area contributed by atoms with Crippen molar-refractivity contribution in [2.75, 3.05) is 75.9 Å². The van der Waals surface area contributed by atoms with Gasteiger partial charge in [-0.1, -0.05) is 6.07 Å². The van der Waals surface area contributed by atoms with Crippen LogP contribution >= 0.6 is 0 Å². The number of piperidine rings is 1. The molecule has 16 heteroatoms. The van der Waals surface area contributed by atoms with E-state index in [4.69, 9.17) is 14.2 Å². The molecule has 4 aliphatic rings. The molecule has 16 nitrogen and oxygen atoms in total. The number of imide groups is 1. The minimum atomic E-state index is -0.788. The van der Waals surface area contributed by atoms with Crippen LogP contribution in [0.4, 0.5) is 11.5 Å². The number of nitrogens with one attached hydrogen (secondary N) is 3. The highest BCUT2D eigenvalue weighted by Crippen LogP contribution is 2.40. The lowest BCUT2D eigenvalue weighted by atomic mass is 10.1. The van der Waals surface area contributed by atoms with Crippen LogP contribution in [0.5, 0.6) is 5.75 Å². The summed E-state index contributed by atoms with van der Waals surface area (Å²) in [6.45, 7) is 6.84. The third kappa shape index (κ3) is 7.82. The second kappa shape index (κ2) is 15.6. The van der Waals surface area contributed by atoms with Crippen LogP contribution in [0.25, 0.3) is 22.3 Å². The Morgan fingerprint density at radius 3 is 2.58 bits per heavy atom. The van der Waals surface area contributed by atoms with Gasteiger partial charge >= 0.3 is 0 Å². The van der Waals surface area contributed by atoms with E-state index in [9.17, 15) is 19.2 Å². The Balaban J connectivity index is 0.731. The topological polar surface area (TPSA) is 184 Å². The number of carbonyl (C=O) groups is 4. The fraction of sp³-hybridized carbons (Fsp3) is 0.462. The Morgan fingerprint density at radius 2 is 1.78 bits per heavy atom. The maximum absolute atomic E-state index is 13.2. The number of aromatic nitrogens is 4. The zero-order valence-electron chi connectivity index (χ0n) is 30.8. The maximum Gasteiger partial charge on any atom is 0.264 e. The quantitative estimate of drug-likeness (QED) is 0.119. The number of piperazine rings is 1. The molecule has 0 spiro atoms. The third-order valence-electron chi connectivity index (χ3n) is 10.6. The van der Waals surface area contributed by atoms with E-state index < -0.39 is 17.9 Å². The van der Waals surface area contributed by atoms with Gasteiger partial charge in [0.2, 0.25) is 11.8 Å². The first-order valence-corrected chi connectivity index (χ1v) is 19.0. The Bertz CT molecular complexity index is 2090. The summed E-state index contributed by atoms with van der Waals surface area (Å²) < 4.78 is 17.5. The third-order valence-corrected chi connectivity index (χ3v) is 10.6. The first-order chi connectivity index (χ1) is 26.8. The molecule has 3 N–H and O–H groups in total. The molecule has 288 valence electrons. The Kier molecular flexibility index (Phi) is 10.3. The smallest absolute Gasteiger partial charge is 0.264 e. The van der Waals surface area contributed by atoms with Crippen molar-refractivity contribution in [3.63, 3.8) is 0 Å². The summed E-state index contributed by atoms with van der Waals surface area (Å²) in [7, 11) is 0. The van der Waals surface area contributed by atoms with Crippen molar-refractivity contribution < 1.29 is 33.4 Å². The molecule has 55 heavy (non-hydrogen) atoms. The Morgan fingerprint density at radius 1 is 0.964 bits per heavy atom. The molecule has 1 saturated carbocycles. The number of hydrogen-bond donors (Lipinski definition) is 3. The number of amides is 4. The standard InChI is InChI=1S/C39H45N9O7/c1-39(10-11-39)55-25-7-8-28-27(22-25)35(45-44-28)30-23-32(43-24-42-30)46-14-16-47(17-15-46)33(49)9-18-53-20-21-54-19-13-40-29-5-2-4-26-34(29)38(52)48(37(26)51)31-6-3-12-41-36(31)50/h2,4-5,7-8,22-24,31,40H,3,6,9-21H2,1H3,(H,41,50)(H,44,45). The largest absolute Gasteiger partial charge is 0.488 e. The van der Waals surface area contributed by atoms with E-state index in [1.807, 2.05) is 29.2 Å². The Labute approximate surface area is 317 Å². The van der Waals surface area contributed by atoms with E-state index in [1.165, 1.54) is 0 Å². The lowest BCUT2D eigenvalue weighted by Gasteiger charge is -2.35. The summed E-state index contributed by atoms with van der Waals surface area (Å²) in [5.74, 6) is 0.448. The summed E-state index contributed by atoms with van der Waals surface area (Å²) >= 11 is 0. The predicted molar refractivity (Wildman–Crippen MR) is 202 cm³/mol. The molecule has 8 rings (SSSR count). The molecule has 1 unspecified atom stereocenters. The number of hydrogen-bond acceptors (Lipinski definition) is 12. The molecule has 2 saturated heterocycles. The highest BCUT2D eigenvalue weighted by Gasteiger charge is 2.44. The number of benzene rings is 2. The van der Waals surface area contributed by atoms with Gasteiger partial charge in [0.05, 0.1) is 55.2 Å². The van der Waals surface area contributed by atoms with Gasteiger partial charge in [0, 0.05) is 56.4 Å². The molecule has 2 aromatic heterocycles. The molecule has 5 heterocycles. The van der Waals surface area contributed by atoms with Gasteiger partial charge in [-0.3, -0.25) is 29.2 Å². The van der Waals surface area contributed by atoms with Gasteiger partial charge in [-0.05, 0) is 62.9 Å². The van der Waals surface area contributed by atoms with E-state index in [2.05, 4.69) is 42.6 Å². The SMILES string of the molecule is CC1(Oc2ccc3[nH]nc(-c4cc(N5CCN(C(=O)CCOCCOCCNc6cccc7c6C(=O)N(C6CCCNC6=O)C7=O)CC5)ncn4)c3c2)CC1. The fourth-order valence-corrected chi connectivity index (χ4v) is 7.28. The molecule has 0 radical (unpaired) electrons. The van der Waals surface area contributed by atoms with E-state index >= 15 is 0 Å². The van der Waals surface area contributed by atoms with Crippen LogP contribution in [0.2, 0.25) is 0 Å². The van der Waals surface area contributed by atoms with Crippen LogP contribution in [-0.4, -0.2) is 131 Å². The van der Waals surface area contributed by atoms with Gasteiger partial charge in [0.25, 0.3) is 11.8 Å². The molecule has 1 aliphatic carbocycles. The van der Waals surface area contributed by atoms with Gasteiger partial charge in [-0.15, -0.1) is 0 Å². The number of nitrogens with zero attached hydrogens (tertiary/aromatic N) is 6. The second-order valence-electron chi connectivity index (χ2n) is 14.5. The summed E-state index contributed by atoms with van der Waals surface area (Å²) in [6, 6.07) is 12.2. The number of rotatable bonds is 15. The highest BCUT2D eigenvalue weighted by atomic mass is 16.5. The average molecular weight is 752 g/mol. The first-order valence-electron chi connectivity index (χ1n) is 19.0. The number of H-pyrrole nitrogens is 1. The van der Waals surface area contributed by atoms with Crippen LogP contribution in [0, 0.1) is 0 Å². The summed E-state index contributed by atoms with van der Waals surface area (Å²) in [5, 5.41) is 14.5. The van der Waals surface area contributed by atoms with E-state index in [0.717, 1.165) is 51.6 Å². The van der Waals surface area contributed by atoms with Crippen molar-refractivity contribution in [1.29, 1.82) is 0 Å². The van der Waals surface area contributed by atoms with Crippen LogP contribution in [0.1, 0.15) is 59.7 Å². The minimum absolute atomic E-state index is 0.0420. The van der Waals surface area contributed by atoms with Crippen molar-refractivity contribution in [3.8, 4) is 17.1 Å². The van der Waals surface area contributed by atoms with Crippen molar-refractivity contribution in [3.05, 3.63) is 59.9 Å². The Hall–Kier alpha value is -5.61. The maximum atomic E-state index is 13.2. The molecule has 3 fully saturated rings. The van der Waals surface area contributed by atoms with Crippen LogP contribution < -0.4 is 20.3 Å². The molecule has 4 amide bonds. The van der Waals surface area contributed by atoms with Crippen molar-refractivity contribution in [2.24, 2.45) is 0 Å². The zero-order chi connectivity index (χ0) is 37.9. The fourth-order valence-electron chi connectivity index (χ4n) is 7.28. The molecule has 2 aromatic carbocycles. The van der Waals surface area contributed by atoms with E-state index in [-0.39, 0.29) is 29.4 Å². The van der Waals surface area contributed by atoms with Crippen LogP contribution in [0.3, 0.4) is 0 Å². The first kappa shape index (κ1) is 36.4. The molecule has 4 aromatic rings. The second-order valence-corrected chi connectivity index (χ2v) is 14.5. The van der Waals surface area contributed by atoms with Crippen molar-refractivity contribution in [1.82, 2.24) is 35.3 Å². The monoisotopic (exact) mass is 751 g/mol. The molecule has 3 aliphatic heterocycles. The van der Waals surface area contributed by atoms with Gasteiger partial charge in [-0.2, -0.15) is 5.10 Å². The van der Waals surface area contributed by atoms with E-state index in [1.54, 1.807) is 24.5 Å². The average Bonchev–Trinajstić information content (AvgIpc) is 3.68. The molecular formula is C39H45N9O7. The van der Waals surface area contributed by atoms with Crippen molar-refractivity contribution >= 4 is 46.0 Å². The molecule has 1 atom stereocenters. The molecular weight excluding hydrogens is 706 g/mol. The van der Waals surface area contributed by atoms with Gasteiger partial charge in [0.15, 0.2) is 0 Å². The lowest BCUT2D eigenvalue weighted by Crippen LogP contribution is -2.52. The molecule has 0 bridgehead atoms. The number of aromatic amines is 1. The predicted octanol–water partition coefficient (Wildman–Crippen LogP) is 3.01. The summed E-state index contributed by atoms with van der Waals surface area (Å²) in [5.41, 5.74) is 3.40. The normalized spacial score (nSPS) is 19.1. The van der Waals surface area contributed by atoms with Gasteiger partial charge in [-0.25, -0.2) is 9.97 Å². The van der Waals surface area contributed by atoms with Crippen LogP contribution in [0.15, 0.2) is 48.8 Å². The number of ether oxygens (including phenoxy) is 3. The minimum Gasteiger partial charge on any atom is -0.488 e. The van der Waals surface area contributed by atoms with Gasteiger partial charge < -0.3 is 34.6 Å². The van der Waals surface area contributed by atoms with Crippen molar-refractivity contribution in [2.45, 2.75) is 50.7 Å². The number of carbonyl (C=O) groups excluding carboxylic acids is 4. The summed E-state index contributed by atoms with van der Waals surface area (Å²) in [6.07, 6.45) is 5.11. The number of anilines is 2. The lowest BCUT2D eigenvalue weighted by molar-refractivity contribution is -0.132. The zero-order valence-corrected chi connectivity index (χ0v) is 30.8. The summed E-state index contributed by atoms with van der Waals surface area (Å²) in [4.78, 5) is 65.7. The number of fused-ring (bicyclic) bond motifs is 2. The highest BCUT2D eigenvalue weighted by molar-refractivity contribution is 6.25. The van der Waals surface area contributed by atoms with Gasteiger partial charge in [0.1, 0.15) is 35.2 Å². The van der Waals surface area contributed by atoms with Crippen LogP contribution in [-0.2, 0) is 19.1 Å².